The van der Waals surface area contributed by atoms with Crippen LogP contribution in [0.2, 0.25) is 0 Å². The number of hydrogen-bond donors (Lipinski definition) is 2. The molecule has 0 radical (unpaired) electrons. The molecule has 0 aromatic heterocycles. The van der Waals surface area contributed by atoms with Crippen LogP contribution in [0.5, 0.6) is 0 Å². The van der Waals surface area contributed by atoms with Gasteiger partial charge >= 0.3 is 0 Å². The van der Waals surface area contributed by atoms with Gasteiger partial charge in [-0.3, -0.25) is 0 Å². The second kappa shape index (κ2) is 7.42. The molecule has 0 spiro atoms. The van der Waals surface area contributed by atoms with Crippen molar-refractivity contribution in [1.29, 1.82) is 0 Å². The van der Waals surface area contributed by atoms with Crippen LogP contribution >= 0.6 is 0 Å². The summed E-state index contributed by atoms with van der Waals surface area (Å²) in [5.74, 6) is 0. The minimum absolute atomic E-state index is 0.577. The summed E-state index contributed by atoms with van der Waals surface area (Å²) in [5.41, 5.74) is 2.77. The van der Waals surface area contributed by atoms with Crippen LogP contribution in [0.3, 0.4) is 0 Å². The Hall–Kier alpha value is -0.860. The van der Waals surface area contributed by atoms with E-state index in [4.69, 9.17) is 0 Å². The lowest BCUT2D eigenvalue weighted by atomic mass is 10.1. The zero-order valence-corrected chi connectivity index (χ0v) is 10.7. The molecule has 1 aromatic carbocycles. The highest BCUT2D eigenvalue weighted by molar-refractivity contribution is 5.22. The van der Waals surface area contributed by atoms with Crippen molar-refractivity contribution in [2.75, 3.05) is 13.1 Å². The third-order valence-corrected chi connectivity index (χ3v) is 2.57. The number of nitrogens with one attached hydrogen (secondary N) is 2. The summed E-state index contributed by atoms with van der Waals surface area (Å²) >= 11 is 0. The lowest BCUT2D eigenvalue weighted by molar-refractivity contribution is 0.590. The lowest BCUT2D eigenvalue weighted by Crippen LogP contribution is -2.24. The number of benzene rings is 1. The Balaban J connectivity index is 2.33. The maximum atomic E-state index is 3.43. The van der Waals surface area contributed by atoms with Crippen molar-refractivity contribution in [2.45, 2.75) is 39.8 Å². The maximum absolute atomic E-state index is 3.43. The van der Waals surface area contributed by atoms with Gasteiger partial charge in [0.25, 0.3) is 0 Å². The van der Waals surface area contributed by atoms with Crippen LogP contribution in [0, 0.1) is 0 Å². The van der Waals surface area contributed by atoms with Crippen LogP contribution in [0.4, 0.5) is 0 Å². The highest BCUT2D eigenvalue weighted by atomic mass is 14.9. The van der Waals surface area contributed by atoms with Crippen molar-refractivity contribution in [3.05, 3.63) is 35.4 Å². The molecule has 0 atom stereocenters. The third-order valence-electron chi connectivity index (χ3n) is 2.57. The van der Waals surface area contributed by atoms with Gasteiger partial charge in [0.15, 0.2) is 0 Å². The smallest absolute Gasteiger partial charge is 0.0205 e. The standard InChI is InChI=1S/C14H24N2/c1-4-15-11-14-7-5-13(6-8-14)9-10-16-12(2)3/h5-8,12,15-16H,4,9-11H2,1-3H3. The molecule has 0 heterocycles. The summed E-state index contributed by atoms with van der Waals surface area (Å²) in [7, 11) is 0. The Labute approximate surface area is 99.5 Å². The fraction of sp³-hybridized carbons (Fsp3) is 0.571. The molecular weight excluding hydrogens is 196 g/mol. The molecule has 2 N–H and O–H groups in total. The molecule has 0 bridgehead atoms. The molecule has 0 saturated heterocycles. The second-order valence-electron chi connectivity index (χ2n) is 4.46. The minimum Gasteiger partial charge on any atom is -0.314 e. The quantitative estimate of drug-likeness (QED) is 0.737. The molecule has 16 heavy (non-hydrogen) atoms. The van der Waals surface area contributed by atoms with Gasteiger partial charge < -0.3 is 10.6 Å². The molecule has 0 saturated carbocycles. The van der Waals surface area contributed by atoms with Gasteiger partial charge in [0, 0.05) is 12.6 Å². The van der Waals surface area contributed by atoms with Crippen LogP contribution in [-0.2, 0) is 13.0 Å². The van der Waals surface area contributed by atoms with Crippen molar-refractivity contribution in [1.82, 2.24) is 10.6 Å². The molecule has 90 valence electrons. The Morgan fingerprint density at radius 3 is 2.25 bits per heavy atom. The molecule has 2 heteroatoms. The van der Waals surface area contributed by atoms with Crippen molar-refractivity contribution in [2.24, 2.45) is 0 Å². The maximum Gasteiger partial charge on any atom is 0.0205 e. The number of hydrogen-bond acceptors (Lipinski definition) is 2. The van der Waals surface area contributed by atoms with E-state index in [-0.39, 0.29) is 0 Å². The van der Waals surface area contributed by atoms with Gasteiger partial charge in [0.05, 0.1) is 0 Å². The molecule has 0 aliphatic rings. The number of rotatable bonds is 7. The van der Waals surface area contributed by atoms with Crippen LogP contribution in [0.25, 0.3) is 0 Å². The van der Waals surface area contributed by atoms with E-state index < -0.39 is 0 Å². The van der Waals surface area contributed by atoms with Crippen molar-refractivity contribution < 1.29 is 0 Å². The zero-order valence-electron chi connectivity index (χ0n) is 10.7. The van der Waals surface area contributed by atoms with Crippen molar-refractivity contribution in [3.8, 4) is 0 Å². The van der Waals surface area contributed by atoms with E-state index in [9.17, 15) is 0 Å². The first kappa shape index (κ1) is 13.2. The predicted molar refractivity (Wildman–Crippen MR) is 70.7 cm³/mol. The average Bonchev–Trinajstić information content (AvgIpc) is 2.27. The van der Waals surface area contributed by atoms with Crippen LogP contribution in [0.1, 0.15) is 31.9 Å². The zero-order chi connectivity index (χ0) is 11.8. The van der Waals surface area contributed by atoms with Gasteiger partial charge in [0.2, 0.25) is 0 Å². The SMILES string of the molecule is CCNCc1ccc(CCNC(C)C)cc1. The molecular formula is C14H24N2. The highest BCUT2D eigenvalue weighted by Gasteiger charge is 1.96. The van der Waals surface area contributed by atoms with Crippen LogP contribution in [-0.4, -0.2) is 19.1 Å². The topological polar surface area (TPSA) is 24.1 Å². The summed E-state index contributed by atoms with van der Waals surface area (Å²) in [6, 6.07) is 9.47. The third kappa shape index (κ3) is 5.29. The molecule has 0 aliphatic heterocycles. The summed E-state index contributed by atoms with van der Waals surface area (Å²) in [4.78, 5) is 0. The van der Waals surface area contributed by atoms with Gasteiger partial charge in [-0.1, -0.05) is 45.0 Å². The molecule has 0 fully saturated rings. The molecule has 2 nitrogen and oxygen atoms in total. The van der Waals surface area contributed by atoms with Crippen molar-refractivity contribution >= 4 is 0 Å². The summed E-state index contributed by atoms with van der Waals surface area (Å²) < 4.78 is 0. The van der Waals surface area contributed by atoms with E-state index >= 15 is 0 Å². The first-order valence-electron chi connectivity index (χ1n) is 6.24. The monoisotopic (exact) mass is 220 g/mol. The molecule has 0 unspecified atom stereocenters. The molecule has 0 aliphatic carbocycles. The highest BCUT2D eigenvalue weighted by Crippen LogP contribution is 2.04. The lowest BCUT2D eigenvalue weighted by Gasteiger charge is -2.08. The van der Waals surface area contributed by atoms with Crippen molar-refractivity contribution in [3.63, 3.8) is 0 Å². The van der Waals surface area contributed by atoms with E-state index in [1.807, 2.05) is 0 Å². The van der Waals surface area contributed by atoms with E-state index in [1.54, 1.807) is 0 Å². The second-order valence-corrected chi connectivity index (χ2v) is 4.46. The first-order chi connectivity index (χ1) is 7.72. The molecule has 1 aromatic rings. The Morgan fingerprint density at radius 1 is 1.06 bits per heavy atom. The summed E-state index contributed by atoms with van der Waals surface area (Å²) in [5, 5.41) is 6.76. The Bertz CT molecular complexity index is 277. The van der Waals surface area contributed by atoms with Crippen LogP contribution < -0.4 is 10.6 Å². The first-order valence-corrected chi connectivity index (χ1v) is 6.24. The van der Waals surface area contributed by atoms with Gasteiger partial charge in [0.1, 0.15) is 0 Å². The largest absolute Gasteiger partial charge is 0.314 e. The van der Waals surface area contributed by atoms with E-state index in [0.29, 0.717) is 6.04 Å². The van der Waals surface area contributed by atoms with Gasteiger partial charge in [-0.05, 0) is 30.6 Å². The van der Waals surface area contributed by atoms with Gasteiger partial charge in [-0.25, -0.2) is 0 Å². The average molecular weight is 220 g/mol. The minimum atomic E-state index is 0.577. The van der Waals surface area contributed by atoms with E-state index in [2.05, 4.69) is 55.7 Å². The summed E-state index contributed by atoms with van der Waals surface area (Å²) in [6.45, 7) is 9.55. The normalized spacial score (nSPS) is 11.0. The molecule has 0 amide bonds. The fourth-order valence-corrected chi connectivity index (χ4v) is 1.60. The Kier molecular flexibility index (Phi) is 6.12. The summed E-state index contributed by atoms with van der Waals surface area (Å²) in [6.07, 6.45) is 1.11. The molecule has 1 rings (SSSR count). The fourth-order valence-electron chi connectivity index (χ4n) is 1.60. The van der Waals surface area contributed by atoms with Gasteiger partial charge in [-0.15, -0.1) is 0 Å². The van der Waals surface area contributed by atoms with Crippen LogP contribution in [0.15, 0.2) is 24.3 Å². The van der Waals surface area contributed by atoms with Gasteiger partial charge in [-0.2, -0.15) is 0 Å². The predicted octanol–water partition coefficient (Wildman–Crippen LogP) is 2.34. The van der Waals surface area contributed by atoms with E-state index in [1.165, 1.54) is 11.1 Å². The Morgan fingerprint density at radius 2 is 1.69 bits per heavy atom. The van der Waals surface area contributed by atoms with E-state index in [0.717, 1.165) is 26.1 Å².